The van der Waals surface area contributed by atoms with Gasteiger partial charge in [0, 0.05) is 36.8 Å². The third kappa shape index (κ3) is 4.13. The van der Waals surface area contributed by atoms with Crippen LogP contribution in [-0.2, 0) is 20.4 Å². The van der Waals surface area contributed by atoms with Gasteiger partial charge < -0.3 is 19.6 Å². The van der Waals surface area contributed by atoms with Crippen molar-refractivity contribution in [1.29, 1.82) is 0 Å². The summed E-state index contributed by atoms with van der Waals surface area (Å²) in [5.41, 5.74) is 1.48. The number of fused-ring (bicyclic) bond motifs is 3. The lowest BCUT2D eigenvalue weighted by Gasteiger charge is -2.31. The fourth-order valence-electron chi connectivity index (χ4n) is 4.15. The van der Waals surface area contributed by atoms with Crippen LogP contribution in [0.25, 0.3) is 0 Å². The number of phenolic OH excluding ortho intramolecular Hbond substituents is 1. The van der Waals surface area contributed by atoms with Crippen molar-refractivity contribution in [2.45, 2.75) is 58.4 Å². The van der Waals surface area contributed by atoms with E-state index < -0.39 is 0 Å². The molecule has 0 radical (unpaired) electrons. The zero-order valence-electron chi connectivity index (χ0n) is 18.7. The van der Waals surface area contributed by atoms with Crippen LogP contribution in [0.15, 0.2) is 12.1 Å². The summed E-state index contributed by atoms with van der Waals surface area (Å²) in [5.74, 6) is -0.129. The first-order chi connectivity index (χ1) is 13.3. The summed E-state index contributed by atoms with van der Waals surface area (Å²) < 4.78 is 5.65. The molecule has 2 aliphatic heterocycles. The van der Waals surface area contributed by atoms with E-state index in [0.717, 1.165) is 11.1 Å². The molecule has 3 rings (SSSR count). The zero-order chi connectivity index (χ0) is 21.7. The Kier molecular flexibility index (Phi) is 5.45. The molecule has 6 nitrogen and oxygen atoms in total. The monoisotopic (exact) mass is 402 g/mol. The van der Waals surface area contributed by atoms with Gasteiger partial charge in [0.25, 0.3) is 5.91 Å². The normalized spacial score (nSPS) is 23.2. The SMILES string of the molecule is CN1C(=O)[C@H]2COC[C@@H]1CN(C(=O)c1cc(C(C)(C)C)c(O)c(C(C)(C)C)c1)C2. The molecule has 1 aromatic rings. The van der Waals surface area contributed by atoms with Crippen LogP contribution in [0.2, 0.25) is 0 Å². The molecule has 0 unspecified atom stereocenters. The van der Waals surface area contributed by atoms with E-state index >= 15 is 0 Å². The summed E-state index contributed by atoms with van der Waals surface area (Å²) in [5, 5.41) is 10.9. The highest BCUT2D eigenvalue weighted by Gasteiger charge is 2.39. The number of likely N-dealkylation sites (N-methyl/N-ethyl adjacent to an activating group) is 1. The number of nitrogens with zero attached hydrogens (tertiary/aromatic N) is 2. The Labute approximate surface area is 173 Å². The van der Waals surface area contributed by atoms with E-state index in [-0.39, 0.29) is 40.4 Å². The maximum Gasteiger partial charge on any atom is 0.253 e. The van der Waals surface area contributed by atoms with E-state index in [2.05, 4.69) is 0 Å². The van der Waals surface area contributed by atoms with E-state index in [4.69, 9.17) is 4.74 Å². The van der Waals surface area contributed by atoms with Gasteiger partial charge in [-0.3, -0.25) is 9.59 Å². The van der Waals surface area contributed by atoms with E-state index in [1.807, 2.05) is 53.7 Å². The molecular weight excluding hydrogens is 368 g/mol. The zero-order valence-corrected chi connectivity index (χ0v) is 18.7. The molecule has 2 heterocycles. The van der Waals surface area contributed by atoms with Gasteiger partial charge in [0.05, 0.1) is 25.2 Å². The topological polar surface area (TPSA) is 70.1 Å². The number of benzene rings is 1. The number of aromatic hydroxyl groups is 1. The number of carbonyl (C=O) groups excluding carboxylic acids is 2. The third-order valence-corrected chi connectivity index (χ3v) is 6.01. The molecule has 6 heteroatoms. The van der Waals surface area contributed by atoms with Crippen LogP contribution < -0.4 is 0 Å². The lowest BCUT2D eigenvalue weighted by Crippen LogP contribution is -2.45. The van der Waals surface area contributed by atoms with Crippen LogP contribution in [0, 0.1) is 5.92 Å². The molecule has 160 valence electrons. The van der Waals surface area contributed by atoms with Crippen LogP contribution in [0.4, 0.5) is 0 Å². The first-order valence-electron chi connectivity index (χ1n) is 10.3. The van der Waals surface area contributed by atoms with Crippen molar-refractivity contribution in [3.63, 3.8) is 0 Å². The molecule has 0 aromatic heterocycles. The fraction of sp³-hybridized carbons (Fsp3) is 0.652. The second-order valence-corrected chi connectivity index (χ2v) is 10.5. The summed E-state index contributed by atoms with van der Waals surface area (Å²) in [6.07, 6.45) is 0. The molecule has 2 saturated heterocycles. The number of hydrogen-bond acceptors (Lipinski definition) is 4. The predicted octanol–water partition coefficient (Wildman–Crippen LogP) is 2.92. The van der Waals surface area contributed by atoms with E-state index in [0.29, 0.717) is 31.9 Å². The van der Waals surface area contributed by atoms with Gasteiger partial charge in [0.15, 0.2) is 0 Å². The fourth-order valence-corrected chi connectivity index (χ4v) is 4.15. The smallest absolute Gasteiger partial charge is 0.253 e. The minimum atomic E-state index is -0.335. The second-order valence-electron chi connectivity index (χ2n) is 10.5. The van der Waals surface area contributed by atoms with Gasteiger partial charge in [-0.05, 0) is 23.0 Å². The second kappa shape index (κ2) is 7.31. The summed E-state index contributed by atoms with van der Waals surface area (Å²) in [6.45, 7) is 13.8. The van der Waals surface area contributed by atoms with Gasteiger partial charge in [-0.1, -0.05) is 41.5 Å². The number of rotatable bonds is 1. The van der Waals surface area contributed by atoms with E-state index in [9.17, 15) is 14.7 Å². The van der Waals surface area contributed by atoms with Gasteiger partial charge in [0.1, 0.15) is 5.75 Å². The Bertz CT molecular complexity index is 784. The Balaban J connectivity index is 2.04. The molecule has 0 saturated carbocycles. The van der Waals surface area contributed by atoms with Crippen LogP contribution in [0.3, 0.4) is 0 Å². The van der Waals surface area contributed by atoms with Crippen molar-refractivity contribution >= 4 is 11.8 Å². The lowest BCUT2D eigenvalue weighted by molar-refractivity contribution is -0.133. The predicted molar refractivity (Wildman–Crippen MR) is 112 cm³/mol. The lowest BCUT2D eigenvalue weighted by atomic mass is 9.78. The van der Waals surface area contributed by atoms with Crippen molar-refractivity contribution in [2.24, 2.45) is 5.92 Å². The highest BCUT2D eigenvalue weighted by atomic mass is 16.5. The first kappa shape index (κ1) is 21.6. The molecular formula is C23H34N2O4. The number of amides is 2. The standard InChI is InChI=1S/C23H34N2O4/c1-22(2,3)17-8-14(9-18(19(17)26)23(4,5)6)21(28)25-10-15-12-29-13-16(11-25)24(7)20(15)27/h8-9,15-16,26H,10-13H2,1-7H3/t15-,16+/m1/s1. The van der Waals surface area contributed by atoms with Gasteiger partial charge in [-0.2, -0.15) is 0 Å². The average molecular weight is 403 g/mol. The van der Waals surface area contributed by atoms with Gasteiger partial charge >= 0.3 is 0 Å². The minimum absolute atomic E-state index is 0.0410. The number of hydrogen-bond donors (Lipinski definition) is 1. The largest absolute Gasteiger partial charge is 0.507 e. The Morgan fingerprint density at radius 2 is 1.59 bits per heavy atom. The van der Waals surface area contributed by atoms with E-state index in [1.165, 1.54) is 0 Å². The van der Waals surface area contributed by atoms with Crippen LogP contribution in [0.1, 0.15) is 63.0 Å². The number of phenols is 1. The quantitative estimate of drug-likeness (QED) is 0.784. The van der Waals surface area contributed by atoms with Crippen LogP contribution in [0.5, 0.6) is 5.75 Å². The Morgan fingerprint density at radius 1 is 1.03 bits per heavy atom. The number of carbonyl (C=O) groups is 2. The third-order valence-electron chi connectivity index (χ3n) is 6.01. The molecule has 1 aromatic carbocycles. The van der Waals surface area contributed by atoms with Gasteiger partial charge in [0.2, 0.25) is 5.91 Å². The van der Waals surface area contributed by atoms with Crippen molar-refractivity contribution in [2.75, 3.05) is 33.4 Å². The molecule has 2 bridgehead atoms. The summed E-state index contributed by atoms with van der Waals surface area (Å²) in [4.78, 5) is 29.7. The molecule has 0 spiro atoms. The molecule has 2 amide bonds. The highest BCUT2D eigenvalue weighted by molar-refractivity contribution is 5.96. The molecule has 2 atom stereocenters. The van der Waals surface area contributed by atoms with Crippen molar-refractivity contribution in [3.8, 4) is 5.75 Å². The van der Waals surface area contributed by atoms with Gasteiger partial charge in [-0.25, -0.2) is 0 Å². The Hall–Kier alpha value is -2.08. The summed E-state index contributed by atoms with van der Waals surface area (Å²) >= 11 is 0. The minimum Gasteiger partial charge on any atom is -0.507 e. The van der Waals surface area contributed by atoms with Crippen LogP contribution in [-0.4, -0.2) is 66.1 Å². The molecule has 2 fully saturated rings. The maximum atomic E-state index is 13.5. The number of ether oxygens (including phenoxy) is 1. The van der Waals surface area contributed by atoms with Crippen molar-refractivity contribution in [1.82, 2.24) is 9.80 Å². The molecule has 1 N–H and O–H groups in total. The van der Waals surface area contributed by atoms with Crippen LogP contribution >= 0.6 is 0 Å². The highest BCUT2D eigenvalue weighted by Crippen LogP contribution is 2.40. The van der Waals surface area contributed by atoms with E-state index in [1.54, 1.807) is 16.8 Å². The Morgan fingerprint density at radius 3 is 2.10 bits per heavy atom. The van der Waals surface area contributed by atoms with Crippen molar-refractivity contribution in [3.05, 3.63) is 28.8 Å². The summed E-state index contributed by atoms with van der Waals surface area (Å²) in [7, 11) is 1.79. The first-order valence-corrected chi connectivity index (χ1v) is 10.3. The van der Waals surface area contributed by atoms with Crippen molar-refractivity contribution < 1.29 is 19.4 Å². The molecule has 2 aliphatic rings. The maximum absolute atomic E-state index is 13.5. The molecule has 0 aliphatic carbocycles. The average Bonchev–Trinajstić information content (AvgIpc) is 2.77. The van der Waals surface area contributed by atoms with Gasteiger partial charge in [-0.15, -0.1) is 0 Å². The summed E-state index contributed by atoms with van der Waals surface area (Å²) in [6, 6.07) is 3.49. The molecule has 29 heavy (non-hydrogen) atoms.